The highest BCUT2D eigenvalue weighted by Gasteiger charge is 2.44. The van der Waals surface area contributed by atoms with Crippen LogP contribution in [-0.4, -0.2) is 22.3 Å². The third-order valence-corrected chi connectivity index (χ3v) is 6.05. The minimum absolute atomic E-state index is 0.0361. The Kier molecular flexibility index (Phi) is 5.19. The summed E-state index contributed by atoms with van der Waals surface area (Å²) in [6.45, 7) is 12.7. The molecule has 0 aromatic carbocycles. The van der Waals surface area contributed by atoms with Gasteiger partial charge in [-0.05, 0) is 61.6 Å². The molecule has 1 spiro atoms. The number of rotatable bonds is 5. The topological polar surface area (TPSA) is 27.3 Å². The third kappa shape index (κ3) is 3.89. The predicted molar refractivity (Wildman–Crippen MR) is 93.8 cm³/mol. The first kappa shape index (κ1) is 17.0. The summed E-state index contributed by atoms with van der Waals surface area (Å²) in [7, 11) is 0. The van der Waals surface area contributed by atoms with E-state index in [2.05, 4.69) is 50.4 Å². The fourth-order valence-electron chi connectivity index (χ4n) is 3.57. The van der Waals surface area contributed by atoms with Crippen molar-refractivity contribution in [1.82, 2.24) is 15.8 Å². The van der Waals surface area contributed by atoms with E-state index in [0.717, 1.165) is 17.6 Å². The molecule has 0 atom stereocenters. The molecule has 0 bridgehead atoms. The van der Waals surface area contributed by atoms with Crippen LogP contribution < -0.4 is 10.7 Å². The standard InChI is InChI=1S/C17H33N3S/c1-6-16(4,5)14-7-10-17(11-8-14)18-15(21)20(19-17)12-9-13(2)3/h13-14,19H,6-12H2,1-5H3,(H,18,21). The predicted octanol–water partition coefficient (Wildman–Crippen LogP) is 4.05. The molecule has 21 heavy (non-hydrogen) atoms. The molecule has 1 aliphatic heterocycles. The Bertz CT molecular complexity index is 370. The van der Waals surface area contributed by atoms with Gasteiger partial charge in [0.05, 0.1) is 0 Å². The van der Waals surface area contributed by atoms with Gasteiger partial charge >= 0.3 is 0 Å². The maximum atomic E-state index is 5.52. The molecule has 1 saturated heterocycles. The number of thiocarbonyl (C=S) groups is 1. The number of hydrogen-bond acceptors (Lipinski definition) is 2. The lowest BCUT2D eigenvalue weighted by atomic mass is 9.67. The number of nitrogens with zero attached hydrogens (tertiary/aromatic N) is 1. The SMILES string of the molecule is CCC(C)(C)C1CCC2(CC1)NC(=S)N(CCC(C)C)N2. The molecule has 4 heteroatoms. The van der Waals surface area contributed by atoms with Crippen molar-refractivity contribution in [2.75, 3.05) is 6.54 Å². The molecular weight excluding hydrogens is 278 g/mol. The highest BCUT2D eigenvalue weighted by atomic mass is 32.1. The summed E-state index contributed by atoms with van der Waals surface area (Å²) in [6, 6.07) is 0. The molecule has 2 rings (SSSR count). The Balaban J connectivity index is 1.90. The van der Waals surface area contributed by atoms with Gasteiger partial charge in [-0.1, -0.05) is 41.0 Å². The summed E-state index contributed by atoms with van der Waals surface area (Å²) < 4.78 is 0. The molecule has 1 aliphatic carbocycles. The van der Waals surface area contributed by atoms with Gasteiger partial charge in [-0.25, -0.2) is 5.43 Å². The minimum Gasteiger partial charge on any atom is -0.342 e. The van der Waals surface area contributed by atoms with E-state index in [1.807, 2.05) is 0 Å². The van der Waals surface area contributed by atoms with Crippen LogP contribution in [0.3, 0.4) is 0 Å². The molecule has 2 N–H and O–H groups in total. The van der Waals surface area contributed by atoms with Crippen LogP contribution in [-0.2, 0) is 0 Å². The highest BCUT2D eigenvalue weighted by molar-refractivity contribution is 7.80. The molecule has 1 heterocycles. The first-order chi connectivity index (χ1) is 9.78. The fourth-order valence-corrected chi connectivity index (χ4v) is 3.90. The van der Waals surface area contributed by atoms with E-state index in [4.69, 9.17) is 12.2 Å². The average Bonchev–Trinajstić information content (AvgIpc) is 2.73. The van der Waals surface area contributed by atoms with Crippen molar-refractivity contribution >= 4 is 17.3 Å². The van der Waals surface area contributed by atoms with Crippen molar-refractivity contribution in [3.8, 4) is 0 Å². The van der Waals surface area contributed by atoms with Gasteiger partial charge in [-0.15, -0.1) is 0 Å². The van der Waals surface area contributed by atoms with Gasteiger partial charge < -0.3 is 5.32 Å². The zero-order valence-electron chi connectivity index (χ0n) is 14.5. The van der Waals surface area contributed by atoms with Crippen LogP contribution in [0, 0.1) is 17.3 Å². The van der Waals surface area contributed by atoms with Gasteiger partial charge in [0, 0.05) is 6.54 Å². The number of hydrogen-bond donors (Lipinski definition) is 2. The van der Waals surface area contributed by atoms with Crippen molar-refractivity contribution in [3.05, 3.63) is 0 Å². The van der Waals surface area contributed by atoms with E-state index in [-0.39, 0.29) is 5.66 Å². The van der Waals surface area contributed by atoms with Gasteiger partial charge in [0.1, 0.15) is 5.66 Å². The van der Waals surface area contributed by atoms with E-state index >= 15 is 0 Å². The van der Waals surface area contributed by atoms with Crippen LogP contribution in [0.4, 0.5) is 0 Å². The smallest absolute Gasteiger partial charge is 0.185 e. The molecule has 0 aromatic heterocycles. The van der Waals surface area contributed by atoms with Crippen LogP contribution in [0.2, 0.25) is 0 Å². The lowest BCUT2D eigenvalue weighted by Crippen LogP contribution is -2.54. The Morgan fingerprint density at radius 1 is 1.33 bits per heavy atom. The van der Waals surface area contributed by atoms with Crippen LogP contribution in [0.15, 0.2) is 0 Å². The van der Waals surface area contributed by atoms with Crippen LogP contribution in [0.1, 0.15) is 73.1 Å². The summed E-state index contributed by atoms with van der Waals surface area (Å²) in [5, 5.41) is 6.64. The summed E-state index contributed by atoms with van der Waals surface area (Å²) in [5.74, 6) is 1.56. The highest BCUT2D eigenvalue weighted by Crippen LogP contribution is 2.43. The second kappa shape index (κ2) is 6.41. The van der Waals surface area contributed by atoms with E-state index in [1.54, 1.807) is 0 Å². The molecule has 0 unspecified atom stereocenters. The molecule has 0 radical (unpaired) electrons. The van der Waals surface area contributed by atoms with E-state index in [9.17, 15) is 0 Å². The minimum atomic E-state index is 0.0361. The van der Waals surface area contributed by atoms with Gasteiger partial charge in [0.2, 0.25) is 0 Å². The molecule has 0 amide bonds. The van der Waals surface area contributed by atoms with Crippen molar-refractivity contribution < 1.29 is 0 Å². The zero-order chi connectivity index (χ0) is 15.7. The summed E-state index contributed by atoms with van der Waals surface area (Å²) in [6.07, 6.45) is 7.39. The van der Waals surface area contributed by atoms with Crippen LogP contribution in [0.25, 0.3) is 0 Å². The summed E-state index contributed by atoms with van der Waals surface area (Å²) in [5.41, 5.74) is 4.19. The van der Waals surface area contributed by atoms with Crippen LogP contribution in [0.5, 0.6) is 0 Å². The van der Waals surface area contributed by atoms with Crippen molar-refractivity contribution in [2.24, 2.45) is 17.3 Å². The van der Waals surface area contributed by atoms with E-state index in [0.29, 0.717) is 11.3 Å². The van der Waals surface area contributed by atoms with Crippen LogP contribution >= 0.6 is 12.2 Å². The fraction of sp³-hybridized carbons (Fsp3) is 0.941. The lowest BCUT2D eigenvalue weighted by Gasteiger charge is -2.43. The summed E-state index contributed by atoms with van der Waals surface area (Å²) in [4.78, 5) is 0. The second-order valence-electron chi connectivity index (χ2n) is 8.07. The van der Waals surface area contributed by atoms with E-state index in [1.165, 1.54) is 38.5 Å². The molecular formula is C17H33N3S. The molecule has 2 fully saturated rings. The first-order valence-corrected chi connectivity index (χ1v) is 9.06. The Hall–Kier alpha value is -0.350. The maximum Gasteiger partial charge on any atom is 0.185 e. The van der Waals surface area contributed by atoms with Gasteiger partial charge in [-0.2, -0.15) is 0 Å². The number of nitrogens with one attached hydrogen (secondary N) is 2. The monoisotopic (exact) mass is 311 g/mol. The van der Waals surface area contributed by atoms with E-state index < -0.39 is 0 Å². The molecule has 3 nitrogen and oxygen atoms in total. The lowest BCUT2D eigenvalue weighted by molar-refractivity contribution is 0.0785. The third-order valence-electron chi connectivity index (χ3n) is 5.73. The quantitative estimate of drug-likeness (QED) is 0.749. The average molecular weight is 312 g/mol. The van der Waals surface area contributed by atoms with Gasteiger partial charge in [0.25, 0.3) is 0 Å². The van der Waals surface area contributed by atoms with Crippen molar-refractivity contribution in [2.45, 2.75) is 78.8 Å². The maximum absolute atomic E-state index is 5.52. The Labute approximate surface area is 136 Å². The summed E-state index contributed by atoms with van der Waals surface area (Å²) >= 11 is 5.52. The normalized spacial score (nSPS) is 30.3. The van der Waals surface area contributed by atoms with Crippen molar-refractivity contribution in [3.63, 3.8) is 0 Å². The second-order valence-corrected chi connectivity index (χ2v) is 8.46. The zero-order valence-corrected chi connectivity index (χ0v) is 15.3. The van der Waals surface area contributed by atoms with Gasteiger partial charge in [0.15, 0.2) is 5.11 Å². The first-order valence-electron chi connectivity index (χ1n) is 8.65. The molecule has 122 valence electrons. The Morgan fingerprint density at radius 3 is 2.48 bits per heavy atom. The molecule has 2 aliphatic rings. The van der Waals surface area contributed by atoms with Gasteiger partial charge in [-0.3, -0.25) is 5.01 Å². The molecule has 0 aromatic rings. The Morgan fingerprint density at radius 2 is 1.95 bits per heavy atom. The number of hydrazine groups is 1. The largest absolute Gasteiger partial charge is 0.342 e. The van der Waals surface area contributed by atoms with Crippen molar-refractivity contribution in [1.29, 1.82) is 0 Å². The molecule has 1 saturated carbocycles.